The van der Waals surface area contributed by atoms with Crippen LogP contribution in [0, 0.1) is 5.92 Å². The Morgan fingerprint density at radius 3 is 1.36 bits per heavy atom. The van der Waals surface area contributed by atoms with E-state index in [4.69, 9.17) is 19.2 Å². The molecule has 0 aromatic carbocycles. The zero-order valence-corrected chi connectivity index (χ0v) is 7.58. The third-order valence-corrected chi connectivity index (χ3v) is 0.813. The van der Waals surface area contributed by atoms with Crippen LogP contribution in [0.25, 0.3) is 0 Å². The molecule has 0 radical (unpaired) electrons. The fourth-order valence-electron chi connectivity index (χ4n) is 0. The third-order valence-electron chi connectivity index (χ3n) is 0.813. The van der Waals surface area contributed by atoms with Crippen molar-refractivity contribution in [3.63, 3.8) is 0 Å². The lowest BCUT2D eigenvalue weighted by Crippen LogP contribution is -1.98. The van der Waals surface area contributed by atoms with Gasteiger partial charge in [-0.25, -0.2) is 4.57 Å². The fourth-order valence-corrected chi connectivity index (χ4v) is 0. The van der Waals surface area contributed by atoms with Crippen LogP contribution in [0.1, 0.15) is 20.8 Å². The molecule has 11 heavy (non-hydrogen) atoms. The average molecular weight is 184 g/mol. The van der Waals surface area contributed by atoms with Gasteiger partial charge in [-0.3, -0.25) is 4.79 Å². The van der Waals surface area contributed by atoms with E-state index in [1.165, 1.54) is 0 Å². The van der Waals surface area contributed by atoms with E-state index in [1.54, 1.807) is 6.92 Å². The lowest BCUT2D eigenvalue weighted by Gasteiger charge is -1.90. The second-order valence-electron chi connectivity index (χ2n) is 2.28. The van der Waals surface area contributed by atoms with Crippen molar-refractivity contribution >= 4 is 13.6 Å². The van der Waals surface area contributed by atoms with Crippen LogP contribution >= 0.6 is 7.82 Å². The van der Waals surface area contributed by atoms with Crippen LogP contribution < -0.4 is 0 Å². The molecule has 3 N–H and O–H groups in total. The number of hydrogen-bond donors (Lipinski definition) is 3. The zero-order valence-electron chi connectivity index (χ0n) is 6.68. The highest BCUT2D eigenvalue weighted by Crippen LogP contribution is 2.25. The molecule has 0 aliphatic rings. The van der Waals surface area contributed by atoms with Gasteiger partial charge >= 0.3 is 7.82 Å². The Kier molecular flexibility index (Phi) is 6.61. The molecule has 0 atom stereocenters. The van der Waals surface area contributed by atoms with Gasteiger partial charge in [0.15, 0.2) is 0 Å². The largest absolute Gasteiger partial charge is 0.466 e. The number of Topliss-reactive ketones (excluding diaryl/α,β-unsaturated/α-hetero) is 1. The van der Waals surface area contributed by atoms with Crippen molar-refractivity contribution in [2.24, 2.45) is 5.92 Å². The van der Waals surface area contributed by atoms with Crippen LogP contribution in [0.5, 0.6) is 0 Å². The maximum Gasteiger partial charge on any atom is 0.466 e. The van der Waals surface area contributed by atoms with E-state index in [0.717, 1.165) is 0 Å². The van der Waals surface area contributed by atoms with Crippen molar-refractivity contribution in [2.75, 3.05) is 0 Å². The number of carbonyl (C=O) groups is 1. The van der Waals surface area contributed by atoms with Crippen LogP contribution in [0.4, 0.5) is 0 Å². The molecular weight excluding hydrogens is 171 g/mol. The van der Waals surface area contributed by atoms with E-state index in [9.17, 15) is 4.79 Å². The summed E-state index contributed by atoms with van der Waals surface area (Å²) < 4.78 is 8.88. The van der Waals surface area contributed by atoms with E-state index >= 15 is 0 Å². The van der Waals surface area contributed by atoms with Crippen molar-refractivity contribution in [1.29, 1.82) is 0 Å². The molecule has 0 amide bonds. The summed E-state index contributed by atoms with van der Waals surface area (Å²) in [5.74, 6) is 0.472. The van der Waals surface area contributed by atoms with Gasteiger partial charge in [0, 0.05) is 5.92 Å². The van der Waals surface area contributed by atoms with E-state index in [0.29, 0.717) is 0 Å². The lowest BCUT2D eigenvalue weighted by molar-refractivity contribution is -0.119. The molecule has 0 rings (SSSR count). The van der Waals surface area contributed by atoms with Gasteiger partial charge in [-0.15, -0.1) is 0 Å². The van der Waals surface area contributed by atoms with E-state index in [-0.39, 0.29) is 11.7 Å². The number of phosphoric acid groups is 1. The third kappa shape index (κ3) is 41.4. The highest BCUT2D eigenvalue weighted by atomic mass is 31.2. The van der Waals surface area contributed by atoms with Crippen LogP contribution in [-0.2, 0) is 9.36 Å². The van der Waals surface area contributed by atoms with Crippen molar-refractivity contribution < 1.29 is 24.0 Å². The predicted molar refractivity (Wildman–Crippen MR) is 39.8 cm³/mol. The molecule has 0 spiro atoms. The maximum absolute atomic E-state index is 10.1. The monoisotopic (exact) mass is 184 g/mol. The van der Waals surface area contributed by atoms with E-state index in [1.807, 2.05) is 13.8 Å². The zero-order chi connectivity index (χ0) is 9.65. The lowest BCUT2D eigenvalue weighted by atomic mass is 10.1. The van der Waals surface area contributed by atoms with Gasteiger partial charge in [-0.05, 0) is 6.92 Å². The normalized spacial score (nSPS) is 10.5. The first-order valence-corrected chi connectivity index (χ1v) is 4.50. The minimum Gasteiger partial charge on any atom is -0.303 e. The SMILES string of the molecule is CC(=O)C(C)C.O=P(O)(O)O. The molecule has 0 unspecified atom stereocenters. The second-order valence-corrected chi connectivity index (χ2v) is 3.31. The molecular formula is C5H13O5P. The number of ketones is 1. The Hall–Kier alpha value is -0.220. The predicted octanol–water partition coefficient (Wildman–Crippen LogP) is 0.303. The van der Waals surface area contributed by atoms with Gasteiger partial charge in [0.25, 0.3) is 0 Å². The van der Waals surface area contributed by atoms with Crippen LogP contribution in [0.3, 0.4) is 0 Å². The second kappa shape index (κ2) is 5.43. The minimum absolute atomic E-state index is 0.213. The summed E-state index contributed by atoms with van der Waals surface area (Å²) in [6.45, 7) is 5.38. The molecule has 0 aromatic heterocycles. The summed E-state index contributed by atoms with van der Waals surface area (Å²) in [4.78, 5) is 31.7. The first-order valence-electron chi connectivity index (χ1n) is 2.93. The van der Waals surface area contributed by atoms with Crippen molar-refractivity contribution in [3.8, 4) is 0 Å². The number of rotatable bonds is 1. The fraction of sp³-hybridized carbons (Fsp3) is 0.800. The Balaban J connectivity index is 0. The molecule has 0 aliphatic carbocycles. The van der Waals surface area contributed by atoms with Crippen LogP contribution in [0.2, 0.25) is 0 Å². The number of carbonyl (C=O) groups excluding carboxylic acids is 1. The number of hydrogen-bond acceptors (Lipinski definition) is 2. The Bertz CT molecular complexity index is 150. The van der Waals surface area contributed by atoms with Gasteiger partial charge in [-0.2, -0.15) is 0 Å². The van der Waals surface area contributed by atoms with Crippen molar-refractivity contribution in [2.45, 2.75) is 20.8 Å². The molecule has 0 aromatic rings. The van der Waals surface area contributed by atoms with E-state index < -0.39 is 7.82 Å². The highest BCUT2D eigenvalue weighted by Gasteiger charge is 2.00. The molecule has 0 saturated carbocycles. The first-order chi connectivity index (χ1) is 4.64. The smallest absolute Gasteiger partial charge is 0.303 e. The summed E-state index contributed by atoms with van der Waals surface area (Å²) in [6, 6.07) is 0. The topological polar surface area (TPSA) is 94.8 Å². The van der Waals surface area contributed by atoms with Crippen LogP contribution in [-0.4, -0.2) is 20.5 Å². The molecule has 0 bridgehead atoms. The average Bonchev–Trinajstić information content (AvgIpc) is 1.59. The van der Waals surface area contributed by atoms with Gasteiger partial charge in [0.2, 0.25) is 0 Å². The van der Waals surface area contributed by atoms with Crippen molar-refractivity contribution in [1.82, 2.24) is 0 Å². The molecule has 5 nitrogen and oxygen atoms in total. The van der Waals surface area contributed by atoms with Crippen molar-refractivity contribution in [3.05, 3.63) is 0 Å². The molecule has 68 valence electrons. The minimum atomic E-state index is -4.64. The quantitative estimate of drug-likeness (QED) is 0.509. The molecule has 0 aliphatic heterocycles. The van der Waals surface area contributed by atoms with Gasteiger partial charge < -0.3 is 14.7 Å². The molecule has 6 heteroatoms. The first kappa shape index (κ1) is 13.4. The Morgan fingerprint density at radius 1 is 1.27 bits per heavy atom. The van der Waals surface area contributed by atoms with Gasteiger partial charge in [0.1, 0.15) is 5.78 Å². The maximum atomic E-state index is 10.1. The van der Waals surface area contributed by atoms with Gasteiger partial charge in [-0.1, -0.05) is 13.8 Å². The summed E-state index contributed by atoms with van der Waals surface area (Å²) in [5.41, 5.74) is 0. The summed E-state index contributed by atoms with van der Waals surface area (Å²) in [5, 5.41) is 0. The Morgan fingerprint density at radius 2 is 1.36 bits per heavy atom. The summed E-state index contributed by atoms with van der Waals surface area (Å²) in [7, 11) is -4.64. The highest BCUT2D eigenvalue weighted by molar-refractivity contribution is 7.45. The standard InChI is InChI=1S/C5H10O.H3O4P/c1-4(2)5(3)6;1-5(2,3)4/h4H,1-3H3;(H3,1,2,3,4). The molecule has 0 heterocycles. The molecule has 0 saturated heterocycles. The van der Waals surface area contributed by atoms with Gasteiger partial charge in [0.05, 0.1) is 0 Å². The molecule has 0 fully saturated rings. The Labute approximate surface area is 65.3 Å². The summed E-state index contributed by atoms with van der Waals surface area (Å²) >= 11 is 0. The summed E-state index contributed by atoms with van der Waals surface area (Å²) in [6.07, 6.45) is 0. The van der Waals surface area contributed by atoms with Crippen LogP contribution in [0.15, 0.2) is 0 Å². The van der Waals surface area contributed by atoms with E-state index in [2.05, 4.69) is 0 Å².